The highest BCUT2D eigenvalue weighted by Crippen LogP contribution is 2.09. The third kappa shape index (κ3) is 7.00. The van der Waals surface area contributed by atoms with Crippen LogP contribution in [-0.4, -0.2) is 12.6 Å². The predicted molar refractivity (Wildman–Crippen MR) is 79.5 cm³/mol. The lowest BCUT2D eigenvalue weighted by Crippen LogP contribution is -2.06. The molecule has 106 valence electrons. The van der Waals surface area contributed by atoms with Gasteiger partial charge in [-0.1, -0.05) is 63.1 Å². The van der Waals surface area contributed by atoms with Crippen molar-refractivity contribution in [2.75, 3.05) is 6.61 Å². The fourth-order valence-electron chi connectivity index (χ4n) is 2.08. The van der Waals surface area contributed by atoms with Gasteiger partial charge in [0.15, 0.2) is 0 Å². The molecule has 2 heteroatoms. The zero-order chi connectivity index (χ0) is 13.9. The van der Waals surface area contributed by atoms with E-state index >= 15 is 0 Å². The van der Waals surface area contributed by atoms with E-state index in [1.54, 1.807) is 6.07 Å². The van der Waals surface area contributed by atoms with Gasteiger partial charge in [-0.25, -0.2) is 4.79 Å². The van der Waals surface area contributed by atoms with Crippen LogP contribution >= 0.6 is 0 Å². The number of carbonyl (C=O) groups is 1. The predicted octanol–water partition coefficient (Wildman–Crippen LogP) is 4.90. The number of benzene rings is 1. The summed E-state index contributed by atoms with van der Waals surface area (Å²) >= 11 is 0. The molecule has 0 aliphatic heterocycles. The molecule has 0 fully saturated rings. The summed E-state index contributed by atoms with van der Waals surface area (Å²) in [5.74, 6) is -0.199. The quantitative estimate of drug-likeness (QED) is 0.467. The summed E-state index contributed by atoms with van der Waals surface area (Å²) < 4.78 is 5.27. The molecule has 0 bridgehead atoms. The topological polar surface area (TPSA) is 26.3 Å². The smallest absolute Gasteiger partial charge is 0.338 e. The Hall–Kier alpha value is -1.31. The monoisotopic (exact) mass is 262 g/mol. The Morgan fingerprint density at radius 3 is 2.42 bits per heavy atom. The van der Waals surface area contributed by atoms with Crippen LogP contribution in [0.2, 0.25) is 0 Å². The molecule has 0 aliphatic carbocycles. The Morgan fingerprint density at radius 1 is 1.05 bits per heavy atom. The maximum absolute atomic E-state index is 11.7. The third-order valence-corrected chi connectivity index (χ3v) is 3.23. The van der Waals surface area contributed by atoms with Gasteiger partial charge in [0, 0.05) is 0 Å². The summed E-state index contributed by atoms with van der Waals surface area (Å²) in [6.45, 7) is 4.75. The Balaban J connectivity index is 2.08. The Kier molecular flexibility index (Phi) is 7.95. The molecule has 1 aromatic carbocycles. The average Bonchev–Trinajstić information content (AvgIpc) is 2.41. The van der Waals surface area contributed by atoms with E-state index in [2.05, 4.69) is 6.92 Å². The van der Waals surface area contributed by atoms with E-state index in [0.717, 1.165) is 18.4 Å². The highest BCUT2D eigenvalue weighted by Gasteiger charge is 2.06. The van der Waals surface area contributed by atoms with Gasteiger partial charge in [0.05, 0.1) is 12.2 Å². The molecule has 0 amide bonds. The number of rotatable bonds is 9. The van der Waals surface area contributed by atoms with Crippen LogP contribution in [0.4, 0.5) is 0 Å². The van der Waals surface area contributed by atoms with Gasteiger partial charge in [-0.2, -0.15) is 0 Å². The molecule has 19 heavy (non-hydrogen) atoms. The maximum Gasteiger partial charge on any atom is 0.338 e. The lowest BCUT2D eigenvalue weighted by atomic mass is 10.1. The van der Waals surface area contributed by atoms with E-state index in [9.17, 15) is 4.79 Å². The van der Waals surface area contributed by atoms with Crippen molar-refractivity contribution >= 4 is 5.97 Å². The van der Waals surface area contributed by atoms with Crippen LogP contribution in [0.1, 0.15) is 67.8 Å². The first kappa shape index (κ1) is 15.7. The summed E-state index contributed by atoms with van der Waals surface area (Å²) in [5.41, 5.74) is 1.74. The Morgan fingerprint density at radius 2 is 1.74 bits per heavy atom. The molecule has 0 N–H and O–H groups in total. The van der Waals surface area contributed by atoms with E-state index < -0.39 is 0 Å². The number of hydrogen-bond donors (Lipinski definition) is 0. The fraction of sp³-hybridized carbons (Fsp3) is 0.588. The molecule has 0 saturated carbocycles. The molecule has 0 radical (unpaired) electrons. The zero-order valence-corrected chi connectivity index (χ0v) is 12.3. The molecule has 0 unspecified atom stereocenters. The maximum atomic E-state index is 11.7. The summed E-state index contributed by atoms with van der Waals surface area (Å²) in [6, 6.07) is 7.54. The van der Waals surface area contributed by atoms with Gasteiger partial charge in [-0.15, -0.1) is 0 Å². The number of unbranched alkanes of at least 4 members (excludes halogenated alkanes) is 6. The fourth-order valence-corrected chi connectivity index (χ4v) is 2.08. The van der Waals surface area contributed by atoms with Gasteiger partial charge in [0.1, 0.15) is 0 Å². The molecule has 1 aromatic rings. The van der Waals surface area contributed by atoms with E-state index in [1.807, 2.05) is 25.1 Å². The van der Waals surface area contributed by atoms with Gasteiger partial charge < -0.3 is 4.74 Å². The molecular weight excluding hydrogens is 236 g/mol. The SMILES string of the molecule is CCCCCCCCCOC(=O)c1cccc(C)c1. The molecule has 0 aliphatic rings. The van der Waals surface area contributed by atoms with Gasteiger partial charge >= 0.3 is 5.97 Å². The third-order valence-electron chi connectivity index (χ3n) is 3.23. The molecule has 0 atom stereocenters. The number of esters is 1. The molecule has 2 nitrogen and oxygen atoms in total. The minimum absolute atomic E-state index is 0.199. The summed E-state index contributed by atoms with van der Waals surface area (Å²) in [7, 11) is 0. The number of ether oxygens (including phenoxy) is 1. The molecule has 0 heterocycles. The molecule has 0 aromatic heterocycles. The highest BCUT2D eigenvalue weighted by molar-refractivity contribution is 5.89. The van der Waals surface area contributed by atoms with Crippen molar-refractivity contribution in [3.05, 3.63) is 35.4 Å². The van der Waals surface area contributed by atoms with E-state index in [1.165, 1.54) is 32.1 Å². The van der Waals surface area contributed by atoms with Crippen molar-refractivity contribution < 1.29 is 9.53 Å². The van der Waals surface area contributed by atoms with Crippen LogP contribution in [0.15, 0.2) is 24.3 Å². The van der Waals surface area contributed by atoms with Crippen LogP contribution in [0.5, 0.6) is 0 Å². The van der Waals surface area contributed by atoms with E-state index in [0.29, 0.717) is 12.2 Å². The minimum Gasteiger partial charge on any atom is -0.462 e. The largest absolute Gasteiger partial charge is 0.462 e. The van der Waals surface area contributed by atoms with E-state index in [4.69, 9.17) is 4.74 Å². The van der Waals surface area contributed by atoms with Crippen molar-refractivity contribution in [3.63, 3.8) is 0 Å². The first-order valence-electron chi connectivity index (χ1n) is 7.48. The summed E-state index contributed by atoms with van der Waals surface area (Å²) in [5, 5.41) is 0. The van der Waals surface area contributed by atoms with Crippen LogP contribution in [-0.2, 0) is 4.74 Å². The standard InChI is InChI=1S/C17H26O2/c1-3-4-5-6-7-8-9-13-19-17(18)16-12-10-11-15(2)14-16/h10-12,14H,3-9,13H2,1-2H3. The zero-order valence-electron chi connectivity index (χ0n) is 12.3. The van der Waals surface area contributed by atoms with Crippen LogP contribution in [0.3, 0.4) is 0 Å². The van der Waals surface area contributed by atoms with Crippen molar-refractivity contribution in [1.82, 2.24) is 0 Å². The van der Waals surface area contributed by atoms with Crippen LogP contribution in [0.25, 0.3) is 0 Å². The summed E-state index contributed by atoms with van der Waals surface area (Å²) in [4.78, 5) is 11.7. The van der Waals surface area contributed by atoms with Gasteiger partial charge in [-0.3, -0.25) is 0 Å². The molecule has 0 saturated heterocycles. The summed E-state index contributed by atoms with van der Waals surface area (Å²) in [6.07, 6.45) is 8.65. The van der Waals surface area contributed by atoms with Crippen LogP contribution in [0, 0.1) is 6.92 Å². The Labute approximate surface area is 117 Å². The second-order valence-corrected chi connectivity index (χ2v) is 5.13. The molecular formula is C17H26O2. The lowest BCUT2D eigenvalue weighted by molar-refractivity contribution is 0.0497. The van der Waals surface area contributed by atoms with Crippen molar-refractivity contribution in [2.45, 2.75) is 58.8 Å². The van der Waals surface area contributed by atoms with Crippen molar-refractivity contribution in [3.8, 4) is 0 Å². The average molecular weight is 262 g/mol. The first-order chi connectivity index (χ1) is 9.24. The van der Waals surface area contributed by atoms with Gasteiger partial charge in [0.25, 0.3) is 0 Å². The number of carbonyl (C=O) groups excluding carboxylic acids is 1. The van der Waals surface area contributed by atoms with E-state index in [-0.39, 0.29) is 5.97 Å². The van der Waals surface area contributed by atoms with Gasteiger partial charge in [0.2, 0.25) is 0 Å². The lowest BCUT2D eigenvalue weighted by Gasteiger charge is -2.05. The molecule has 1 rings (SSSR count). The second kappa shape index (κ2) is 9.60. The Bertz CT molecular complexity index is 371. The van der Waals surface area contributed by atoms with Crippen LogP contribution < -0.4 is 0 Å². The normalized spacial score (nSPS) is 10.4. The van der Waals surface area contributed by atoms with Gasteiger partial charge in [-0.05, 0) is 25.5 Å². The first-order valence-corrected chi connectivity index (χ1v) is 7.48. The minimum atomic E-state index is -0.199. The number of hydrogen-bond acceptors (Lipinski definition) is 2. The van der Waals surface area contributed by atoms with Crippen molar-refractivity contribution in [2.24, 2.45) is 0 Å². The molecule has 0 spiro atoms. The highest BCUT2D eigenvalue weighted by atomic mass is 16.5. The van der Waals surface area contributed by atoms with Crippen molar-refractivity contribution in [1.29, 1.82) is 0 Å². The second-order valence-electron chi connectivity index (χ2n) is 5.13. The number of aryl methyl sites for hydroxylation is 1.